The lowest BCUT2D eigenvalue weighted by atomic mass is 9.62. The topological polar surface area (TPSA) is 45.1 Å². The van der Waals surface area contributed by atoms with Gasteiger partial charge in [0.25, 0.3) is 0 Å². The molecule has 3 saturated carbocycles. The number of nitrogens with one attached hydrogen (secondary N) is 2. The molecular formula is C31H25F3N4. The van der Waals surface area contributed by atoms with Gasteiger partial charge in [-0.2, -0.15) is 0 Å². The number of aromatic nitrogens is 2. The van der Waals surface area contributed by atoms with Gasteiger partial charge in [-0.25, -0.2) is 23.0 Å². The summed E-state index contributed by atoms with van der Waals surface area (Å²) >= 11 is 0. The molecule has 0 amide bonds. The van der Waals surface area contributed by atoms with Crippen molar-refractivity contribution in [1.29, 1.82) is 0 Å². The van der Waals surface area contributed by atoms with Crippen molar-refractivity contribution in [3.8, 4) is 23.1 Å². The lowest BCUT2D eigenvalue weighted by Gasteiger charge is -2.47. The van der Waals surface area contributed by atoms with Gasteiger partial charge in [0.15, 0.2) is 11.6 Å². The molecule has 2 atom stereocenters. The molecule has 38 heavy (non-hydrogen) atoms. The second kappa shape index (κ2) is 9.58. The van der Waals surface area contributed by atoms with Gasteiger partial charge in [-0.3, -0.25) is 0 Å². The normalized spacial score (nSPS) is 22.1. The average molecular weight is 511 g/mol. The van der Waals surface area contributed by atoms with E-state index < -0.39 is 17.5 Å². The van der Waals surface area contributed by atoms with Crippen LogP contribution in [-0.2, 0) is 0 Å². The Morgan fingerprint density at radius 1 is 1.03 bits per heavy atom. The molecule has 2 bridgehead atoms. The van der Waals surface area contributed by atoms with E-state index in [9.17, 15) is 8.78 Å². The Kier molecular flexibility index (Phi) is 6.08. The number of pyridine rings is 1. The molecule has 0 spiro atoms. The number of halogens is 3. The summed E-state index contributed by atoms with van der Waals surface area (Å²) in [5, 5.41) is 3.60. The highest BCUT2D eigenvalue weighted by molar-refractivity contribution is 5.99. The Bertz CT molecular complexity index is 1630. The third kappa shape index (κ3) is 4.09. The maximum Gasteiger partial charge on any atom is 0.231 e. The number of anilines is 1. The van der Waals surface area contributed by atoms with Crippen molar-refractivity contribution >= 4 is 22.4 Å². The molecular weight excluding hydrogens is 485 g/mol. The molecule has 0 unspecified atom stereocenters. The first-order valence-electron chi connectivity index (χ1n) is 12.9. The van der Waals surface area contributed by atoms with E-state index in [1.165, 1.54) is 25.1 Å². The first kappa shape index (κ1) is 24.1. The van der Waals surface area contributed by atoms with Gasteiger partial charge in [0.2, 0.25) is 5.69 Å². The van der Waals surface area contributed by atoms with Gasteiger partial charge in [0, 0.05) is 34.8 Å². The number of hydrogen-bond donors (Lipinski definition) is 2. The van der Waals surface area contributed by atoms with Crippen molar-refractivity contribution in [3.05, 3.63) is 88.7 Å². The summed E-state index contributed by atoms with van der Waals surface area (Å²) < 4.78 is 44.8. The zero-order chi connectivity index (χ0) is 26.4. The lowest BCUT2D eigenvalue weighted by molar-refractivity contribution is 0.0926. The lowest BCUT2D eigenvalue weighted by Crippen LogP contribution is -2.47. The zero-order valence-electron chi connectivity index (χ0n) is 20.8. The molecule has 2 aromatic carbocycles. The van der Waals surface area contributed by atoms with E-state index in [2.05, 4.69) is 38.9 Å². The van der Waals surface area contributed by atoms with Gasteiger partial charge in [-0.05, 0) is 61.6 Å². The van der Waals surface area contributed by atoms with Crippen LogP contribution in [0.5, 0.6) is 0 Å². The summed E-state index contributed by atoms with van der Waals surface area (Å²) in [5.41, 5.74) is 1.02. The highest BCUT2D eigenvalue weighted by Gasteiger charge is 2.41. The van der Waals surface area contributed by atoms with Crippen LogP contribution in [0, 0.1) is 53.6 Å². The van der Waals surface area contributed by atoms with Crippen molar-refractivity contribution in [3.63, 3.8) is 0 Å². The Labute approximate surface area is 219 Å². The minimum absolute atomic E-state index is 0.0142. The summed E-state index contributed by atoms with van der Waals surface area (Å²) in [6, 6.07) is 11.1. The van der Waals surface area contributed by atoms with Gasteiger partial charge in [0.05, 0.1) is 23.3 Å². The Hall–Kier alpha value is -4.23. The molecule has 2 heterocycles. The summed E-state index contributed by atoms with van der Waals surface area (Å²) in [7, 11) is 0. The maximum atomic E-state index is 16.1. The number of aromatic amines is 1. The minimum Gasteiger partial charge on any atom is -0.364 e. The summed E-state index contributed by atoms with van der Waals surface area (Å²) in [6.07, 6.45) is 6.02. The van der Waals surface area contributed by atoms with Crippen LogP contribution in [0.4, 0.5) is 24.7 Å². The van der Waals surface area contributed by atoms with E-state index in [1.54, 1.807) is 12.1 Å². The van der Waals surface area contributed by atoms with E-state index in [0.717, 1.165) is 18.9 Å². The SMILES string of the molecule is [C-]#[N+]c1c(-c2c[nH]c3c(F)cc(F)cc23)nc(N[C@@H]2C3CCC(CC3)[C@H]2C)c(F)c1C#Cc1ccccc1. The number of H-pyrrole nitrogens is 1. The highest BCUT2D eigenvalue weighted by Crippen LogP contribution is 2.47. The summed E-state index contributed by atoms with van der Waals surface area (Å²) in [6.45, 7) is 10.1. The van der Waals surface area contributed by atoms with Crippen molar-refractivity contribution < 1.29 is 13.2 Å². The van der Waals surface area contributed by atoms with Crippen LogP contribution in [-0.4, -0.2) is 16.0 Å². The first-order valence-corrected chi connectivity index (χ1v) is 12.9. The van der Waals surface area contributed by atoms with Crippen LogP contribution in [0.3, 0.4) is 0 Å². The van der Waals surface area contributed by atoms with Gasteiger partial charge in [-0.15, -0.1) is 0 Å². The fraction of sp³-hybridized carbons (Fsp3) is 0.290. The molecule has 4 aromatic rings. The largest absolute Gasteiger partial charge is 0.364 e. The first-order chi connectivity index (χ1) is 18.4. The minimum atomic E-state index is -0.757. The predicted octanol–water partition coefficient (Wildman–Crippen LogP) is 7.83. The van der Waals surface area contributed by atoms with Crippen molar-refractivity contribution in [2.75, 3.05) is 5.32 Å². The van der Waals surface area contributed by atoms with E-state index in [1.807, 2.05) is 18.2 Å². The number of rotatable bonds is 3. The van der Waals surface area contributed by atoms with Crippen LogP contribution < -0.4 is 5.32 Å². The number of benzene rings is 2. The van der Waals surface area contributed by atoms with Crippen molar-refractivity contribution in [2.45, 2.75) is 38.6 Å². The van der Waals surface area contributed by atoms with Crippen molar-refractivity contribution in [1.82, 2.24) is 9.97 Å². The van der Waals surface area contributed by atoms with E-state index in [4.69, 9.17) is 6.57 Å². The quantitative estimate of drug-likeness (QED) is 0.218. The average Bonchev–Trinajstić information content (AvgIpc) is 3.35. The zero-order valence-corrected chi connectivity index (χ0v) is 20.8. The molecule has 190 valence electrons. The van der Waals surface area contributed by atoms with Crippen LogP contribution in [0.2, 0.25) is 0 Å². The molecule has 3 aliphatic rings. The monoisotopic (exact) mass is 510 g/mol. The van der Waals surface area contributed by atoms with Crippen LogP contribution >= 0.6 is 0 Å². The van der Waals surface area contributed by atoms with Gasteiger partial charge >= 0.3 is 0 Å². The predicted molar refractivity (Wildman–Crippen MR) is 142 cm³/mol. The fourth-order valence-electron chi connectivity index (χ4n) is 6.23. The van der Waals surface area contributed by atoms with Crippen LogP contribution in [0.15, 0.2) is 48.7 Å². The van der Waals surface area contributed by atoms with Crippen LogP contribution in [0.1, 0.15) is 43.7 Å². The van der Waals surface area contributed by atoms with E-state index in [0.29, 0.717) is 28.9 Å². The molecule has 0 aliphatic heterocycles. The van der Waals surface area contributed by atoms with Gasteiger partial charge in [0.1, 0.15) is 11.6 Å². The molecule has 4 nitrogen and oxygen atoms in total. The second-order valence-corrected chi connectivity index (χ2v) is 10.3. The maximum absolute atomic E-state index is 16.1. The summed E-state index contributed by atoms with van der Waals surface area (Å²) in [5.74, 6) is 4.99. The van der Waals surface area contributed by atoms with E-state index in [-0.39, 0.29) is 39.7 Å². The van der Waals surface area contributed by atoms with Crippen LogP contribution in [0.25, 0.3) is 27.0 Å². The standard InChI is InChI=1S/C31H25F3N4/c1-17-19-9-11-20(12-10-19)27(17)37-31-26(34)22(13-8-18-6-4-3-5-7-18)29(35-2)30(38-31)24-16-36-28-23(24)14-21(32)15-25(28)33/h3-7,14-17,19-20,27,36H,9-12H2,1H3,(H,37,38)/t17-,19?,20?,27+/m1/s1. The second-order valence-electron chi connectivity index (χ2n) is 10.3. The van der Waals surface area contributed by atoms with Crippen molar-refractivity contribution in [2.24, 2.45) is 17.8 Å². The molecule has 7 heteroatoms. The molecule has 2 N–H and O–H groups in total. The fourth-order valence-corrected chi connectivity index (χ4v) is 6.23. The third-order valence-electron chi connectivity index (χ3n) is 8.23. The molecule has 0 radical (unpaired) electrons. The van der Waals surface area contributed by atoms with Gasteiger partial charge < -0.3 is 10.3 Å². The molecule has 2 aromatic heterocycles. The smallest absolute Gasteiger partial charge is 0.231 e. The molecule has 7 rings (SSSR count). The number of nitrogens with zero attached hydrogens (tertiary/aromatic N) is 2. The van der Waals surface area contributed by atoms with E-state index >= 15 is 4.39 Å². The Morgan fingerprint density at radius 2 is 1.76 bits per heavy atom. The number of hydrogen-bond acceptors (Lipinski definition) is 2. The third-order valence-corrected chi connectivity index (χ3v) is 8.23. The molecule has 3 aliphatic carbocycles. The molecule has 3 fully saturated rings. The number of fused-ring (bicyclic) bond motifs is 4. The highest BCUT2D eigenvalue weighted by atomic mass is 19.1. The molecule has 0 saturated heterocycles. The Balaban J connectivity index is 1.55. The Morgan fingerprint density at radius 3 is 2.47 bits per heavy atom. The van der Waals surface area contributed by atoms with Gasteiger partial charge in [-0.1, -0.05) is 37.0 Å². The summed E-state index contributed by atoms with van der Waals surface area (Å²) in [4.78, 5) is 11.0.